The van der Waals surface area contributed by atoms with Gasteiger partial charge in [-0.05, 0) is 55.3 Å². The van der Waals surface area contributed by atoms with E-state index in [4.69, 9.17) is 4.98 Å². The van der Waals surface area contributed by atoms with Crippen LogP contribution in [-0.2, 0) is 11.3 Å². The molecular weight excluding hydrogens is 488 g/mol. The summed E-state index contributed by atoms with van der Waals surface area (Å²) >= 11 is 0. The van der Waals surface area contributed by atoms with E-state index < -0.39 is 0 Å². The van der Waals surface area contributed by atoms with E-state index in [1.54, 1.807) is 24.7 Å². The van der Waals surface area contributed by atoms with Crippen molar-refractivity contribution in [1.29, 1.82) is 0 Å². The molecule has 2 N–H and O–H groups in total. The number of likely N-dealkylation sites (tertiary alicyclic amines) is 1. The molecule has 0 unspecified atom stereocenters. The smallest absolute Gasteiger partial charge is 0.257 e. The highest BCUT2D eigenvalue weighted by molar-refractivity contribution is 5.91. The van der Waals surface area contributed by atoms with Gasteiger partial charge in [0.05, 0.1) is 16.6 Å². The van der Waals surface area contributed by atoms with Gasteiger partial charge in [-0.1, -0.05) is 54.6 Å². The van der Waals surface area contributed by atoms with Gasteiger partial charge in [-0.2, -0.15) is 0 Å². The topological polar surface area (TPSA) is 104 Å². The maximum Gasteiger partial charge on any atom is 0.257 e. The highest BCUT2D eigenvalue weighted by atomic mass is 16.2. The summed E-state index contributed by atoms with van der Waals surface area (Å²) < 4.78 is 0. The Hall–Kier alpha value is -4.69. The Morgan fingerprint density at radius 2 is 1.67 bits per heavy atom. The van der Waals surface area contributed by atoms with Crippen molar-refractivity contribution in [1.82, 2.24) is 24.8 Å². The van der Waals surface area contributed by atoms with Crippen molar-refractivity contribution in [2.75, 3.05) is 18.4 Å². The third kappa shape index (κ3) is 5.46. The van der Waals surface area contributed by atoms with E-state index in [-0.39, 0.29) is 17.4 Å². The zero-order valence-electron chi connectivity index (χ0n) is 21.4. The Morgan fingerprint density at radius 1 is 0.923 bits per heavy atom. The quantitative estimate of drug-likeness (QED) is 0.333. The molecule has 2 aromatic carbocycles. The average molecular weight is 517 g/mol. The Kier molecular flexibility index (Phi) is 6.93. The highest BCUT2D eigenvalue weighted by Crippen LogP contribution is 2.33. The lowest BCUT2D eigenvalue weighted by atomic mass is 9.95. The second-order valence-electron chi connectivity index (χ2n) is 9.80. The highest BCUT2D eigenvalue weighted by Gasteiger charge is 2.25. The van der Waals surface area contributed by atoms with E-state index in [1.165, 1.54) is 5.56 Å². The standard InChI is InChI=1S/C31H28N6O2/c38-29(36-31-33-14-4-15-34-31)24-12-17-37(18-13-24)20-21-7-9-23(10-8-21)28-25(22-5-2-1-3-6-22)19-26-27(35-28)11-16-32-30(26)39/h1-11,14-16,19,24H,12-13,17-18,20H2,(H,32,39)(H,33,34,36,38). The van der Waals surface area contributed by atoms with Gasteiger partial charge in [0.1, 0.15) is 0 Å². The van der Waals surface area contributed by atoms with Gasteiger partial charge in [0.2, 0.25) is 11.9 Å². The third-order valence-electron chi connectivity index (χ3n) is 7.23. The van der Waals surface area contributed by atoms with Crippen LogP contribution in [0.2, 0.25) is 0 Å². The van der Waals surface area contributed by atoms with Crippen LogP contribution in [0.5, 0.6) is 0 Å². The van der Waals surface area contributed by atoms with E-state index in [1.807, 2.05) is 42.5 Å². The predicted molar refractivity (Wildman–Crippen MR) is 152 cm³/mol. The molecule has 1 fully saturated rings. The lowest BCUT2D eigenvalue weighted by molar-refractivity contribution is -0.121. The van der Waals surface area contributed by atoms with Crippen molar-refractivity contribution in [2.24, 2.45) is 5.92 Å². The Labute approximate surface area is 225 Å². The number of rotatable bonds is 6. The van der Waals surface area contributed by atoms with Crippen LogP contribution < -0.4 is 10.9 Å². The second-order valence-corrected chi connectivity index (χ2v) is 9.80. The molecule has 0 atom stereocenters. The Bertz CT molecular complexity index is 1640. The predicted octanol–water partition coefficient (Wildman–Crippen LogP) is 4.90. The molecule has 6 rings (SSSR count). The van der Waals surface area contributed by atoms with Gasteiger partial charge >= 0.3 is 0 Å². The molecule has 0 aliphatic carbocycles. The number of pyridine rings is 2. The summed E-state index contributed by atoms with van der Waals surface area (Å²) in [4.78, 5) is 43.3. The van der Waals surface area contributed by atoms with Gasteiger partial charge in [0.25, 0.3) is 5.56 Å². The normalized spacial score (nSPS) is 14.4. The number of anilines is 1. The fourth-order valence-corrected chi connectivity index (χ4v) is 5.12. The summed E-state index contributed by atoms with van der Waals surface area (Å²) in [6.07, 6.45) is 6.48. The number of amides is 1. The van der Waals surface area contributed by atoms with E-state index >= 15 is 0 Å². The van der Waals surface area contributed by atoms with Crippen molar-refractivity contribution in [3.05, 3.63) is 107 Å². The molecule has 0 radical (unpaired) electrons. The van der Waals surface area contributed by atoms with Crippen LogP contribution in [0.1, 0.15) is 18.4 Å². The number of carbonyl (C=O) groups excluding carboxylic acids is 1. The molecule has 3 aromatic heterocycles. The first kappa shape index (κ1) is 24.6. The molecule has 1 saturated heterocycles. The van der Waals surface area contributed by atoms with Gasteiger partial charge in [-0.25, -0.2) is 15.0 Å². The van der Waals surface area contributed by atoms with Crippen LogP contribution in [0.25, 0.3) is 33.3 Å². The summed E-state index contributed by atoms with van der Waals surface area (Å²) in [7, 11) is 0. The van der Waals surface area contributed by atoms with Crippen LogP contribution in [0.3, 0.4) is 0 Å². The first-order valence-corrected chi connectivity index (χ1v) is 13.1. The summed E-state index contributed by atoms with van der Waals surface area (Å²) in [5, 5.41) is 3.40. The number of H-pyrrole nitrogens is 1. The molecule has 5 aromatic rings. The number of hydrogen-bond donors (Lipinski definition) is 2. The number of aromatic amines is 1. The average Bonchev–Trinajstić information content (AvgIpc) is 2.98. The molecule has 8 nitrogen and oxygen atoms in total. The summed E-state index contributed by atoms with van der Waals surface area (Å²) in [6, 6.07) is 24.0. The minimum absolute atomic E-state index is 0.00991. The zero-order valence-corrected chi connectivity index (χ0v) is 21.4. The molecule has 4 heterocycles. The summed E-state index contributed by atoms with van der Waals surface area (Å²) in [6.45, 7) is 2.53. The fraction of sp³-hybridized carbons (Fsp3) is 0.194. The molecule has 0 spiro atoms. The SMILES string of the molecule is O=C(Nc1ncccn1)C1CCN(Cc2ccc(-c3nc4cc[nH]c(=O)c4cc3-c3ccccc3)cc2)CC1. The van der Waals surface area contributed by atoms with Crippen molar-refractivity contribution < 1.29 is 4.79 Å². The van der Waals surface area contributed by atoms with Gasteiger partial charge < -0.3 is 4.98 Å². The molecule has 194 valence electrons. The van der Waals surface area contributed by atoms with Crippen LogP contribution >= 0.6 is 0 Å². The largest absolute Gasteiger partial charge is 0.328 e. The van der Waals surface area contributed by atoms with Crippen molar-refractivity contribution in [2.45, 2.75) is 19.4 Å². The minimum Gasteiger partial charge on any atom is -0.328 e. The van der Waals surface area contributed by atoms with Gasteiger partial charge in [0, 0.05) is 42.2 Å². The second kappa shape index (κ2) is 11.0. The maximum absolute atomic E-state index is 12.6. The lowest BCUT2D eigenvalue weighted by Crippen LogP contribution is -2.37. The number of nitrogens with one attached hydrogen (secondary N) is 2. The van der Waals surface area contributed by atoms with Crippen LogP contribution in [-0.4, -0.2) is 43.8 Å². The molecule has 8 heteroatoms. The van der Waals surface area contributed by atoms with E-state index in [0.29, 0.717) is 16.9 Å². The number of fused-ring (bicyclic) bond motifs is 1. The molecule has 0 saturated carbocycles. The summed E-state index contributed by atoms with van der Waals surface area (Å²) in [5.41, 5.74) is 5.52. The molecular formula is C31H28N6O2. The molecule has 0 bridgehead atoms. The number of benzene rings is 2. The van der Waals surface area contributed by atoms with Crippen LogP contribution in [0.4, 0.5) is 5.95 Å². The molecule has 1 aliphatic heterocycles. The fourth-order valence-electron chi connectivity index (χ4n) is 5.12. The van der Waals surface area contributed by atoms with Crippen molar-refractivity contribution in [3.8, 4) is 22.4 Å². The van der Waals surface area contributed by atoms with Crippen LogP contribution in [0.15, 0.2) is 96.2 Å². The lowest BCUT2D eigenvalue weighted by Gasteiger charge is -2.31. The van der Waals surface area contributed by atoms with Gasteiger partial charge in [-0.15, -0.1) is 0 Å². The van der Waals surface area contributed by atoms with Gasteiger partial charge in [0.15, 0.2) is 0 Å². The minimum atomic E-state index is -0.145. The first-order valence-electron chi connectivity index (χ1n) is 13.1. The molecule has 39 heavy (non-hydrogen) atoms. The monoisotopic (exact) mass is 516 g/mol. The zero-order chi connectivity index (χ0) is 26.6. The number of hydrogen-bond acceptors (Lipinski definition) is 6. The number of nitrogens with zero attached hydrogens (tertiary/aromatic N) is 4. The third-order valence-corrected chi connectivity index (χ3v) is 7.23. The van der Waals surface area contributed by atoms with Crippen molar-refractivity contribution in [3.63, 3.8) is 0 Å². The summed E-state index contributed by atoms with van der Waals surface area (Å²) in [5.74, 6) is 0.312. The first-order chi connectivity index (χ1) is 19.1. The number of piperidine rings is 1. The van der Waals surface area contributed by atoms with Crippen LogP contribution in [0, 0.1) is 5.92 Å². The van der Waals surface area contributed by atoms with Crippen molar-refractivity contribution >= 4 is 22.8 Å². The number of aromatic nitrogens is 4. The molecule has 1 aliphatic rings. The van der Waals surface area contributed by atoms with E-state index in [2.05, 4.69) is 49.4 Å². The van der Waals surface area contributed by atoms with E-state index in [0.717, 1.165) is 54.9 Å². The Balaban J connectivity index is 1.16. The maximum atomic E-state index is 12.6. The Morgan fingerprint density at radius 3 is 2.41 bits per heavy atom. The van der Waals surface area contributed by atoms with E-state index in [9.17, 15) is 9.59 Å². The van der Waals surface area contributed by atoms with Gasteiger partial charge in [-0.3, -0.25) is 19.8 Å². The number of carbonyl (C=O) groups is 1. The molecule has 1 amide bonds.